The van der Waals surface area contributed by atoms with Crippen LogP contribution in [0.25, 0.3) is 0 Å². The van der Waals surface area contributed by atoms with E-state index < -0.39 is 17.3 Å². The average Bonchev–Trinajstić information content (AvgIpc) is 2.35. The summed E-state index contributed by atoms with van der Waals surface area (Å²) in [6.45, 7) is 5.63. The van der Waals surface area contributed by atoms with Gasteiger partial charge in [0.15, 0.2) is 0 Å². The van der Waals surface area contributed by atoms with Gasteiger partial charge in [-0.1, -0.05) is 38.4 Å². The van der Waals surface area contributed by atoms with E-state index in [0.717, 1.165) is 0 Å². The second-order valence-electron chi connectivity index (χ2n) is 6.24. The maximum Gasteiger partial charge on any atom is 0.243 e. The number of nitrogens with one attached hydrogen (secondary N) is 1. The second-order valence-corrected chi connectivity index (χ2v) is 6.68. The maximum atomic E-state index is 13.9. The number of carbonyl (C=O) groups excluding carboxylic acids is 2. The highest BCUT2D eigenvalue weighted by Crippen LogP contribution is 2.28. The Morgan fingerprint density at radius 1 is 1.38 bits per heavy atom. The SMILES string of the molecule is CC(C)(C)C1C(=O)NCC(=O)N1Cc1ccc(Cl)cc1F. The van der Waals surface area contributed by atoms with Crippen LogP contribution in [-0.2, 0) is 16.1 Å². The predicted octanol–water partition coefficient (Wildman–Crippen LogP) is 2.35. The number of benzene rings is 1. The summed E-state index contributed by atoms with van der Waals surface area (Å²) in [4.78, 5) is 25.7. The Kier molecular flexibility index (Phi) is 4.23. The number of hydrogen-bond acceptors (Lipinski definition) is 2. The highest BCUT2D eigenvalue weighted by Gasteiger charge is 2.42. The molecule has 0 spiro atoms. The summed E-state index contributed by atoms with van der Waals surface area (Å²) in [6, 6.07) is 3.68. The van der Waals surface area contributed by atoms with Crippen molar-refractivity contribution in [2.45, 2.75) is 33.4 Å². The van der Waals surface area contributed by atoms with Crippen LogP contribution in [-0.4, -0.2) is 29.3 Å². The molecule has 1 fully saturated rings. The fourth-order valence-electron chi connectivity index (χ4n) is 2.52. The average molecular weight is 313 g/mol. The van der Waals surface area contributed by atoms with E-state index in [0.29, 0.717) is 10.6 Å². The van der Waals surface area contributed by atoms with Crippen molar-refractivity contribution in [3.05, 3.63) is 34.6 Å². The summed E-state index contributed by atoms with van der Waals surface area (Å²) >= 11 is 5.73. The molecule has 1 aromatic carbocycles. The molecular weight excluding hydrogens is 295 g/mol. The molecule has 1 atom stereocenters. The van der Waals surface area contributed by atoms with Gasteiger partial charge in [-0.3, -0.25) is 9.59 Å². The molecule has 0 radical (unpaired) electrons. The number of hydrogen-bond donors (Lipinski definition) is 1. The number of halogens is 2. The lowest BCUT2D eigenvalue weighted by Crippen LogP contribution is -2.62. The zero-order valence-corrected chi connectivity index (χ0v) is 13.0. The second kappa shape index (κ2) is 5.64. The molecule has 1 aromatic rings. The molecule has 1 unspecified atom stereocenters. The normalized spacial score (nSPS) is 19.7. The molecule has 0 aliphatic carbocycles. The molecule has 0 saturated carbocycles. The van der Waals surface area contributed by atoms with Crippen molar-refractivity contribution in [3.63, 3.8) is 0 Å². The zero-order chi connectivity index (χ0) is 15.8. The summed E-state index contributed by atoms with van der Waals surface area (Å²) in [5, 5.41) is 2.88. The quantitative estimate of drug-likeness (QED) is 0.911. The first-order chi connectivity index (χ1) is 9.70. The Bertz CT molecular complexity index is 584. The van der Waals surface area contributed by atoms with E-state index >= 15 is 0 Å². The van der Waals surface area contributed by atoms with Crippen molar-refractivity contribution in [2.24, 2.45) is 5.41 Å². The smallest absolute Gasteiger partial charge is 0.243 e. The van der Waals surface area contributed by atoms with Gasteiger partial charge >= 0.3 is 0 Å². The highest BCUT2D eigenvalue weighted by molar-refractivity contribution is 6.30. The minimum absolute atomic E-state index is 0.0528. The Balaban J connectivity index is 2.33. The number of piperazine rings is 1. The lowest BCUT2D eigenvalue weighted by molar-refractivity contribution is -0.150. The Hall–Kier alpha value is -1.62. The predicted molar refractivity (Wildman–Crippen MR) is 78.2 cm³/mol. The van der Waals surface area contributed by atoms with E-state index in [1.807, 2.05) is 20.8 Å². The van der Waals surface area contributed by atoms with Gasteiger partial charge in [-0.15, -0.1) is 0 Å². The van der Waals surface area contributed by atoms with Crippen LogP contribution in [0.4, 0.5) is 4.39 Å². The van der Waals surface area contributed by atoms with E-state index in [1.54, 1.807) is 6.07 Å². The summed E-state index contributed by atoms with van der Waals surface area (Å²) in [6.07, 6.45) is 0. The standard InChI is InChI=1S/C15H18ClFN2O2/c1-15(2,3)13-14(21)18-7-12(20)19(13)8-9-4-5-10(16)6-11(9)17/h4-6,13H,7-8H2,1-3H3,(H,18,21). The molecule has 1 N–H and O–H groups in total. The van der Waals surface area contributed by atoms with Crippen LogP contribution in [0.1, 0.15) is 26.3 Å². The van der Waals surface area contributed by atoms with Crippen LogP contribution in [0.5, 0.6) is 0 Å². The van der Waals surface area contributed by atoms with Gasteiger partial charge in [-0.2, -0.15) is 0 Å². The molecule has 4 nitrogen and oxygen atoms in total. The van der Waals surface area contributed by atoms with Crippen molar-refractivity contribution >= 4 is 23.4 Å². The van der Waals surface area contributed by atoms with Gasteiger partial charge in [0.1, 0.15) is 11.9 Å². The third-order valence-corrected chi connectivity index (χ3v) is 3.71. The molecule has 1 heterocycles. The molecule has 0 aromatic heterocycles. The van der Waals surface area contributed by atoms with E-state index in [2.05, 4.69) is 5.32 Å². The van der Waals surface area contributed by atoms with Crippen LogP contribution in [0.15, 0.2) is 18.2 Å². The van der Waals surface area contributed by atoms with Crippen LogP contribution in [0, 0.1) is 11.2 Å². The van der Waals surface area contributed by atoms with Gasteiger partial charge in [0, 0.05) is 17.1 Å². The van der Waals surface area contributed by atoms with Crippen LogP contribution >= 0.6 is 11.6 Å². The summed E-state index contributed by atoms with van der Waals surface area (Å²) < 4.78 is 13.9. The largest absolute Gasteiger partial charge is 0.345 e. The van der Waals surface area contributed by atoms with Gasteiger partial charge in [-0.25, -0.2) is 4.39 Å². The van der Waals surface area contributed by atoms with Crippen LogP contribution in [0.3, 0.4) is 0 Å². The van der Waals surface area contributed by atoms with Crippen LogP contribution < -0.4 is 5.32 Å². The van der Waals surface area contributed by atoms with E-state index in [-0.39, 0.29) is 24.9 Å². The molecule has 1 aliphatic rings. The summed E-state index contributed by atoms with van der Waals surface area (Å²) in [5.41, 5.74) is -0.0972. The summed E-state index contributed by atoms with van der Waals surface area (Å²) in [5.74, 6) is -0.908. The fraction of sp³-hybridized carbons (Fsp3) is 0.467. The fourth-order valence-corrected chi connectivity index (χ4v) is 2.68. The van der Waals surface area contributed by atoms with Gasteiger partial charge in [0.05, 0.1) is 6.54 Å². The molecule has 21 heavy (non-hydrogen) atoms. The minimum atomic E-state index is -0.631. The van der Waals surface area contributed by atoms with Crippen molar-refractivity contribution in [1.82, 2.24) is 10.2 Å². The first kappa shape index (κ1) is 15.8. The lowest BCUT2D eigenvalue weighted by atomic mass is 9.83. The molecule has 1 saturated heterocycles. The molecule has 2 amide bonds. The Morgan fingerprint density at radius 3 is 2.62 bits per heavy atom. The molecular formula is C15H18ClFN2O2. The minimum Gasteiger partial charge on any atom is -0.345 e. The van der Waals surface area contributed by atoms with Gasteiger partial charge in [0.25, 0.3) is 0 Å². The maximum absolute atomic E-state index is 13.9. The zero-order valence-electron chi connectivity index (χ0n) is 12.2. The molecule has 1 aliphatic heterocycles. The van der Waals surface area contributed by atoms with Crippen molar-refractivity contribution in [3.8, 4) is 0 Å². The number of amides is 2. The molecule has 114 valence electrons. The van der Waals surface area contributed by atoms with Gasteiger partial charge < -0.3 is 10.2 Å². The molecule has 0 bridgehead atoms. The third kappa shape index (κ3) is 3.35. The van der Waals surface area contributed by atoms with Crippen molar-refractivity contribution in [1.29, 1.82) is 0 Å². The molecule has 6 heteroatoms. The monoisotopic (exact) mass is 312 g/mol. The molecule has 2 rings (SSSR count). The lowest BCUT2D eigenvalue weighted by Gasteiger charge is -2.42. The van der Waals surface area contributed by atoms with E-state index in [9.17, 15) is 14.0 Å². The first-order valence-electron chi connectivity index (χ1n) is 6.71. The van der Waals surface area contributed by atoms with Crippen LogP contribution in [0.2, 0.25) is 5.02 Å². The van der Waals surface area contributed by atoms with Crippen molar-refractivity contribution < 1.29 is 14.0 Å². The Morgan fingerprint density at radius 2 is 2.05 bits per heavy atom. The Labute approximate surface area is 128 Å². The summed E-state index contributed by atoms with van der Waals surface area (Å²) in [7, 11) is 0. The third-order valence-electron chi connectivity index (χ3n) is 3.47. The van der Waals surface area contributed by atoms with Crippen molar-refractivity contribution in [2.75, 3.05) is 6.54 Å². The van der Waals surface area contributed by atoms with E-state index in [4.69, 9.17) is 11.6 Å². The van der Waals surface area contributed by atoms with Gasteiger partial charge in [0.2, 0.25) is 11.8 Å². The highest BCUT2D eigenvalue weighted by atomic mass is 35.5. The first-order valence-corrected chi connectivity index (χ1v) is 7.09. The number of rotatable bonds is 2. The number of nitrogens with zero attached hydrogens (tertiary/aromatic N) is 1. The van der Waals surface area contributed by atoms with Gasteiger partial charge in [-0.05, 0) is 17.5 Å². The number of carbonyl (C=O) groups is 2. The van der Waals surface area contributed by atoms with E-state index in [1.165, 1.54) is 17.0 Å². The topological polar surface area (TPSA) is 49.4 Å².